The van der Waals surface area contributed by atoms with E-state index in [2.05, 4.69) is 15.9 Å². The molecule has 1 aromatic heterocycles. The molecule has 0 aliphatic carbocycles. The van der Waals surface area contributed by atoms with Crippen molar-refractivity contribution in [3.63, 3.8) is 0 Å². The number of rotatable bonds is 4. The van der Waals surface area contributed by atoms with Gasteiger partial charge >= 0.3 is 5.97 Å². The molecule has 6 heteroatoms. The van der Waals surface area contributed by atoms with Gasteiger partial charge in [-0.2, -0.15) is 0 Å². The average Bonchev–Trinajstić information content (AvgIpc) is 2.46. The van der Waals surface area contributed by atoms with Crippen LogP contribution in [0, 0.1) is 0 Å². The number of carbonyl (C=O) groups is 1. The summed E-state index contributed by atoms with van der Waals surface area (Å²) in [6.07, 6.45) is -3.39. The maximum Gasteiger partial charge on any atom is 0.304 e. The maximum absolute atomic E-state index is 12.4. The SMILES string of the molecule is O=C(O)CC(c1ccc(Br)o1)C(F)F. The van der Waals surface area contributed by atoms with Crippen molar-refractivity contribution in [3.8, 4) is 0 Å². The summed E-state index contributed by atoms with van der Waals surface area (Å²) in [7, 11) is 0. The average molecular weight is 269 g/mol. The van der Waals surface area contributed by atoms with Crippen molar-refractivity contribution in [2.45, 2.75) is 18.8 Å². The van der Waals surface area contributed by atoms with Gasteiger partial charge in [-0.3, -0.25) is 4.79 Å². The van der Waals surface area contributed by atoms with Crippen LogP contribution in [0.15, 0.2) is 21.2 Å². The zero-order chi connectivity index (χ0) is 10.7. The maximum atomic E-state index is 12.4. The number of carboxylic acids is 1. The van der Waals surface area contributed by atoms with Gasteiger partial charge in [-0.25, -0.2) is 8.78 Å². The first-order valence-electron chi connectivity index (χ1n) is 3.76. The summed E-state index contributed by atoms with van der Waals surface area (Å²) in [4.78, 5) is 10.3. The Bertz CT molecular complexity index is 324. The van der Waals surface area contributed by atoms with Gasteiger partial charge in [0.25, 0.3) is 0 Å². The molecule has 0 saturated carbocycles. The van der Waals surface area contributed by atoms with E-state index in [0.717, 1.165) is 0 Å². The van der Waals surface area contributed by atoms with Gasteiger partial charge in [0.15, 0.2) is 4.67 Å². The first kappa shape index (κ1) is 11.2. The minimum atomic E-state index is -2.75. The fourth-order valence-corrected chi connectivity index (χ4v) is 1.35. The van der Waals surface area contributed by atoms with Crippen LogP contribution in [0.1, 0.15) is 18.1 Å². The van der Waals surface area contributed by atoms with Crippen LogP contribution in [-0.2, 0) is 4.79 Å². The summed E-state index contributed by atoms with van der Waals surface area (Å²) in [6.45, 7) is 0. The van der Waals surface area contributed by atoms with Crippen LogP contribution in [0.25, 0.3) is 0 Å². The van der Waals surface area contributed by atoms with Gasteiger partial charge in [0.1, 0.15) is 5.76 Å². The zero-order valence-electron chi connectivity index (χ0n) is 6.91. The number of furan rings is 1. The Morgan fingerprint density at radius 1 is 1.57 bits per heavy atom. The smallest absolute Gasteiger partial charge is 0.304 e. The molecular weight excluding hydrogens is 262 g/mol. The van der Waals surface area contributed by atoms with Gasteiger partial charge in [0.2, 0.25) is 6.43 Å². The predicted octanol–water partition coefficient (Wildman–Crippen LogP) is 2.87. The molecule has 14 heavy (non-hydrogen) atoms. The van der Waals surface area contributed by atoms with Crippen molar-refractivity contribution in [2.24, 2.45) is 0 Å². The zero-order valence-corrected chi connectivity index (χ0v) is 8.50. The lowest BCUT2D eigenvalue weighted by Crippen LogP contribution is -2.13. The number of hydrogen-bond acceptors (Lipinski definition) is 2. The summed E-state index contributed by atoms with van der Waals surface area (Å²) >= 11 is 2.96. The van der Waals surface area contributed by atoms with Crippen LogP contribution in [0.4, 0.5) is 8.78 Å². The van der Waals surface area contributed by atoms with E-state index in [1.807, 2.05) is 0 Å². The molecule has 0 amide bonds. The monoisotopic (exact) mass is 268 g/mol. The minimum absolute atomic E-state index is 0.0192. The predicted molar refractivity (Wildman–Crippen MR) is 47.4 cm³/mol. The molecule has 0 spiro atoms. The highest BCUT2D eigenvalue weighted by molar-refractivity contribution is 9.10. The van der Waals surface area contributed by atoms with E-state index < -0.39 is 24.7 Å². The van der Waals surface area contributed by atoms with Crippen LogP contribution in [0.3, 0.4) is 0 Å². The highest BCUT2D eigenvalue weighted by atomic mass is 79.9. The number of hydrogen-bond donors (Lipinski definition) is 1. The van der Waals surface area contributed by atoms with Crippen LogP contribution in [0.2, 0.25) is 0 Å². The third-order valence-electron chi connectivity index (χ3n) is 1.66. The van der Waals surface area contributed by atoms with Crippen LogP contribution in [0.5, 0.6) is 0 Å². The topological polar surface area (TPSA) is 50.4 Å². The van der Waals surface area contributed by atoms with Crippen molar-refractivity contribution in [2.75, 3.05) is 0 Å². The normalized spacial score (nSPS) is 13.1. The fourth-order valence-electron chi connectivity index (χ4n) is 1.03. The number of alkyl halides is 2. The first-order valence-corrected chi connectivity index (χ1v) is 4.55. The van der Waals surface area contributed by atoms with E-state index in [1.54, 1.807) is 0 Å². The van der Waals surface area contributed by atoms with Gasteiger partial charge in [-0.1, -0.05) is 0 Å². The molecule has 1 aromatic rings. The molecule has 1 rings (SSSR count). The molecule has 1 atom stereocenters. The van der Waals surface area contributed by atoms with Crippen molar-refractivity contribution >= 4 is 21.9 Å². The first-order chi connectivity index (χ1) is 6.50. The molecule has 1 N–H and O–H groups in total. The quantitative estimate of drug-likeness (QED) is 0.914. The molecule has 0 aliphatic heterocycles. The molecule has 0 fully saturated rings. The second-order valence-electron chi connectivity index (χ2n) is 2.68. The Morgan fingerprint density at radius 3 is 2.57 bits per heavy atom. The van der Waals surface area contributed by atoms with E-state index in [1.165, 1.54) is 12.1 Å². The highest BCUT2D eigenvalue weighted by Crippen LogP contribution is 2.29. The van der Waals surface area contributed by atoms with Crippen LogP contribution >= 0.6 is 15.9 Å². The third kappa shape index (κ3) is 2.80. The van der Waals surface area contributed by atoms with Crippen molar-refractivity contribution < 1.29 is 23.1 Å². The molecule has 1 heterocycles. The second kappa shape index (κ2) is 4.54. The standard InChI is InChI=1S/C8H7BrF2O3/c9-6-2-1-5(14-6)4(8(10)11)3-7(12)13/h1-2,4,8H,3H2,(H,12,13). The van der Waals surface area contributed by atoms with E-state index in [0.29, 0.717) is 4.67 Å². The summed E-state index contributed by atoms with van der Waals surface area (Å²) in [5, 5.41) is 8.41. The molecule has 0 aromatic carbocycles. The van der Waals surface area contributed by atoms with E-state index in [-0.39, 0.29) is 5.76 Å². The Balaban J connectivity index is 2.82. The lowest BCUT2D eigenvalue weighted by atomic mass is 10.0. The summed E-state index contributed by atoms with van der Waals surface area (Å²) in [6, 6.07) is 2.79. The molecule has 1 unspecified atom stereocenters. The number of halogens is 3. The van der Waals surface area contributed by atoms with Crippen molar-refractivity contribution in [1.82, 2.24) is 0 Å². The van der Waals surface area contributed by atoms with Crippen LogP contribution < -0.4 is 0 Å². The third-order valence-corrected chi connectivity index (χ3v) is 2.08. The van der Waals surface area contributed by atoms with Crippen molar-refractivity contribution in [3.05, 3.63) is 22.6 Å². The van der Waals surface area contributed by atoms with E-state index in [4.69, 9.17) is 9.52 Å². The van der Waals surface area contributed by atoms with E-state index in [9.17, 15) is 13.6 Å². The summed E-state index contributed by atoms with van der Waals surface area (Å²) in [5.74, 6) is -2.68. The van der Waals surface area contributed by atoms with Gasteiger partial charge < -0.3 is 9.52 Å². The second-order valence-corrected chi connectivity index (χ2v) is 3.46. The Kier molecular flexibility index (Phi) is 3.62. The molecule has 0 saturated heterocycles. The number of aliphatic carboxylic acids is 1. The molecule has 3 nitrogen and oxygen atoms in total. The lowest BCUT2D eigenvalue weighted by Gasteiger charge is -2.09. The molecule has 78 valence electrons. The fraction of sp³-hybridized carbons (Fsp3) is 0.375. The minimum Gasteiger partial charge on any atom is -0.481 e. The molecular formula is C8H7BrF2O3. The number of carboxylic acid groups (broad SMARTS) is 1. The van der Waals surface area contributed by atoms with Gasteiger partial charge in [0.05, 0.1) is 12.3 Å². The van der Waals surface area contributed by atoms with Crippen LogP contribution in [-0.4, -0.2) is 17.5 Å². The van der Waals surface area contributed by atoms with E-state index >= 15 is 0 Å². The van der Waals surface area contributed by atoms with Gasteiger partial charge in [-0.05, 0) is 28.1 Å². The Hall–Kier alpha value is -0.910. The molecule has 0 radical (unpaired) electrons. The van der Waals surface area contributed by atoms with Gasteiger partial charge in [0, 0.05) is 0 Å². The Labute approximate surface area is 86.8 Å². The highest BCUT2D eigenvalue weighted by Gasteiger charge is 2.28. The van der Waals surface area contributed by atoms with Gasteiger partial charge in [-0.15, -0.1) is 0 Å². The largest absolute Gasteiger partial charge is 0.481 e. The lowest BCUT2D eigenvalue weighted by molar-refractivity contribution is -0.138. The Morgan fingerprint density at radius 2 is 2.21 bits per heavy atom. The molecule has 0 aliphatic rings. The van der Waals surface area contributed by atoms with Crippen molar-refractivity contribution in [1.29, 1.82) is 0 Å². The molecule has 0 bridgehead atoms. The summed E-state index contributed by atoms with van der Waals surface area (Å²) in [5.41, 5.74) is 0. The summed E-state index contributed by atoms with van der Waals surface area (Å²) < 4.78 is 30.0.